The maximum absolute atomic E-state index is 8.65. The summed E-state index contributed by atoms with van der Waals surface area (Å²) >= 11 is 0. The molecule has 2 nitrogen and oxygen atoms in total. The van der Waals surface area contributed by atoms with Crippen LogP contribution in [-0.2, 0) is 0 Å². The normalized spacial score (nSPS) is 11.0. The summed E-state index contributed by atoms with van der Waals surface area (Å²) in [7, 11) is 0. The largest absolute Gasteiger partial charge is 0.253 e. The lowest BCUT2D eigenvalue weighted by Gasteiger charge is -2.06. The van der Waals surface area contributed by atoms with Crippen LogP contribution in [0.2, 0.25) is 0 Å². The van der Waals surface area contributed by atoms with Gasteiger partial charge in [0.15, 0.2) is 0 Å². The van der Waals surface area contributed by atoms with Gasteiger partial charge in [0.25, 0.3) is 0 Å². The lowest BCUT2D eigenvalue weighted by atomic mass is 10.0. The molecule has 0 N–H and O–H groups in total. The van der Waals surface area contributed by atoms with E-state index in [1.165, 1.54) is 0 Å². The Morgan fingerprint density at radius 2 is 1.58 bits per heavy atom. The van der Waals surface area contributed by atoms with Gasteiger partial charge in [0, 0.05) is 12.1 Å². The minimum Gasteiger partial charge on any atom is -0.253 e. The highest BCUT2D eigenvalue weighted by atomic mass is 14.7. The molecule has 0 unspecified atom stereocenters. The lowest BCUT2D eigenvalue weighted by Crippen LogP contribution is -2.00. The molecule has 19 heavy (non-hydrogen) atoms. The van der Waals surface area contributed by atoms with Gasteiger partial charge in [-0.05, 0) is 30.5 Å². The molecule has 0 saturated carbocycles. The Kier molecular flexibility index (Phi) is 4.89. The Hall–Kier alpha value is -2.40. The van der Waals surface area contributed by atoms with Crippen molar-refractivity contribution in [3.63, 3.8) is 0 Å². The maximum Gasteiger partial charge on any atom is 0.0633 e. The topological polar surface area (TPSA) is 36.1 Å². The van der Waals surface area contributed by atoms with E-state index in [-0.39, 0.29) is 0 Å². The Balaban J connectivity index is 2.25. The third-order valence-corrected chi connectivity index (χ3v) is 2.83. The molecule has 0 atom stereocenters. The second-order valence-corrected chi connectivity index (χ2v) is 4.27. The summed E-state index contributed by atoms with van der Waals surface area (Å²) in [5.41, 5.74) is 3.13. The van der Waals surface area contributed by atoms with Gasteiger partial charge in [0.1, 0.15) is 0 Å². The second kappa shape index (κ2) is 7.13. The van der Waals surface area contributed by atoms with E-state index in [1.807, 2.05) is 48.5 Å². The fourth-order valence-corrected chi connectivity index (χ4v) is 1.89. The highest BCUT2D eigenvalue weighted by Crippen LogP contribution is 2.16. The summed E-state index contributed by atoms with van der Waals surface area (Å²) in [6, 6.07) is 22.3. The van der Waals surface area contributed by atoms with Crippen LogP contribution in [0, 0.1) is 11.3 Å². The summed E-state index contributed by atoms with van der Waals surface area (Å²) < 4.78 is 0. The Labute approximate surface area is 114 Å². The number of hydrogen-bond acceptors (Lipinski definition) is 2. The van der Waals surface area contributed by atoms with Crippen LogP contribution in [-0.4, -0.2) is 5.71 Å². The fourth-order valence-electron chi connectivity index (χ4n) is 1.89. The van der Waals surface area contributed by atoms with E-state index in [1.54, 1.807) is 0 Å². The van der Waals surface area contributed by atoms with E-state index in [0.717, 1.165) is 29.8 Å². The van der Waals surface area contributed by atoms with Crippen molar-refractivity contribution in [2.75, 3.05) is 0 Å². The van der Waals surface area contributed by atoms with Gasteiger partial charge in [-0.2, -0.15) is 5.26 Å². The lowest BCUT2D eigenvalue weighted by molar-refractivity contribution is 0.902. The molecule has 2 aromatic rings. The van der Waals surface area contributed by atoms with Crippen molar-refractivity contribution >= 4 is 11.4 Å². The molecule has 0 bridgehead atoms. The van der Waals surface area contributed by atoms with E-state index >= 15 is 0 Å². The molecule has 0 fully saturated rings. The molecule has 0 amide bonds. The third-order valence-electron chi connectivity index (χ3n) is 2.83. The molecule has 0 radical (unpaired) electrons. The molecule has 0 spiro atoms. The summed E-state index contributed by atoms with van der Waals surface area (Å²) in [6.07, 6.45) is 2.24. The molecule has 0 aliphatic rings. The standard InChI is InChI=1S/C17H16N2/c18-14-8-7-13-17(15-9-3-1-4-10-15)19-16-11-5-2-6-12-16/h1-6,9-12H,7-8,13H2. The minimum atomic E-state index is 0.570. The predicted octanol–water partition coefficient (Wildman–Crippen LogP) is 4.50. The summed E-state index contributed by atoms with van der Waals surface area (Å²) in [5, 5.41) is 8.65. The molecular formula is C17H16N2. The summed E-state index contributed by atoms with van der Waals surface area (Å²) in [4.78, 5) is 4.71. The van der Waals surface area contributed by atoms with E-state index in [4.69, 9.17) is 10.3 Å². The zero-order valence-corrected chi connectivity index (χ0v) is 10.8. The molecular weight excluding hydrogens is 232 g/mol. The molecule has 0 aromatic heterocycles. The zero-order chi connectivity index (χ0) is 13.3. The Morgan fingerprint density at radius 1 is 0.947 bits per heavy atom. The van der Waals surface area contributed by atoms with Gasteiger partial charge in [-0.15, -0.1) is 0 Å². The highest BCUT2D eigenvalue weighted by molar-refractivity contribution is 6.02. The van der Waals surface area contributed by atoms with Crippen LogP contribution < -0.4 is 0 Å². The van der Waals surface area contributed by atoms with Crippen LogP contribution >= 0.6 is 0 Å². The Bertz CT molecular complexity index is 565. The second-order valence-electron chi connectivity index (χ2n) is 4.27. The maximum atomic E-state index is 8.65. The van der Waals surface area contributed by atoms with Gasteiger partial charge in [-0.1, -0.05) is 48.5 Å². The average Bonchev–Trinajstić information content (AvgIpc) is 2.48. The average molecular weight is 248 g/mol. The Morgan fingerprint density at radius 3 is 2.21 bits per heavy atom. The van der Waals surface area contributed by atoms with Crippen molar-refractivity contribution in [2.45, 2.75) is 19.3 Å². The molecule has 2 aromatic carbocycles. The number of unbranched alkanes of at least 4 members (excludes halogenated alkanes) is 1. The van der Waals surface area contributed by atoms with E-state index in [9.17, 15) is 0 Å². The number of nitrogens with zero attached hydrogens (tertiary/aromatic N) is 2. The summed E-state index contributed by atoms with van der Waals surface area (Å²) in [6.45, 7) is 0. The monoisotopic (exact) mass is 248 g/mol. The van der Waals surface area contributed by atoms with Crippen molar-refractivity contribution in [1.82, 2.24) is 0 Å². The van der Waals surface area contributed by atoms with Crippen molar-refractivity contribution in [1.29, 1.82) is 5.26 Å². The smallest absolute Gasteiger partial charge is 0.0633 e. The van der Waals surface area contributed by atoms with Crippen molar-refractivity contribution in [2.24, 2.45) is 4.99 Å². The quantitative estimate of drug-likeness (QED) is 0.566. The van der Waals surface area contributed by atoms with Crippen LogP contribution in [0.15, 0.2) is 65.7 Å². The highest BCUT2D eigenvalue weighted by Gasteiger charge is 2.03. The summed E-state index contributed by atoms with van der Waals surface area (Å²) in [5.74, 6) is 0. The minimum absolute atomic E-state index is 0.570. The third kappa shape index (κ3) is 4.08. The predicted molar refractivity (Wildman–Crippen MR) is 78.5 cm³/mol. The number of rotatable bonds is 5. The van der Waals surface area contributed by atoms with Gasteiger partial charge in [-0.25, -0.2) is 0 Å². The number of nitriles is 1. The van der Waals surface area contributed by atoms with Crippen LogP contribution in [0.3, 0.4) is 0 Å². The van der Waals surface area contributed by atoms with E-state index in [2.05, 4.69) is 18.2 Å². The van der Waals surface area contributed by atoms with E-state index < -0.39 is 0 Å². The first kappa shape index (κ1) is 13.0. The van der Waals surface area contributed by atoms with Crippen LogP contribution in [0.4, 0.5) is 5.69 Å². The van der Waals surface area contributed by atoms with Crippen molar-refractivity contribution in [3.8, 4) is 6.07 Å². The first-order valence-electron chi connectivity index (χ1n) is 6.45. The van der Waals surface area contributed by atoms with Gasteiger partial charge in [-0.3, -0.25) is 4.99 Å². The number of para-hydroxylation sites is 1. The SMILES string of the molecule is N#CCCCC(=Nc1ccccc1)c1ccccc1. The fraction of sp³-hybridized carbons (Fsp3) is 0.176. The first-order valence-corrected chi connectivity index (χ1v) is 6.45. The van der Waals surface area contributed by atoms with E-state index in [0.29, 0.717) is 6.42 Å². The van der Waals surface area contributed by atoms with Crippen molar-refractivity contribution in [3.05, 3.63) is 66.2 Å². The number of benzene rings is 2. The van der Waals surface area contributed by atoms with Crippen LogP contribution in [0.1, 0.15) is 24.8 Å². The van der Waals surface area contributed by atoms with Gasteiger partial charge in [0.2, 0.25) is 0 Å². The number of hydrogen-bond donors (Lipinski definition) is 0. The molecule has 0 saturated heterocycles. The molecule has 0 heterocycles. The van der Waals surface area contributed by atoms with Gasteiger partial charge < -0.3 is 0 Å². The van der Waals surface area contributed by atoms with Gasteiger partial charge in [0.05, 0.1) is 11.8 Å². The van der Waals surface area contributed by atoms with Crippen molar-refractivity contribution < 1.29 is 0 Å². The zero-order valence-electron chi connectivity index (χ0n) is 10.8. The molecule has 94 valence electrons. The molecule has 2 rings (SSSR count). The molecule has 2 heteroatoms. The first-order chi connectivity index (χ1) is 9.40. The van der Waals surface area contributed by atoms with Crippen LogP contribution in [0.25, 0.3) is 0 Å². The van der Waals surface area contributed by atoms with Gasteiger partial charge >= 0.3 is 0 Å². The molecule has 0 aliphatic carbocycles. The van der Waals surface area contributed by atoms with Crippen LogP contribution in [0.5, 0.6) is 0 Å². The number of aliphatic imine (C=N–C) groups is 1. The molecule has 0 aliphatic heterocycles.